The fourth-order valence-electron chi connectivity index (χ4n) is 3.46. The summed E-state index contributed by atoms with van der Waals surface area (Å²) in [4.78, 5) is 28.3. The predicted molar refractivity (Wildman–Crippen MR) is 80.3 cm³/mol. The fraction of sp³-hybridized carbons (Fsp3) is 0.867. The lowest BCUT2D eigenvalue weighted by molar-refractivity contribution is -0.144. The molecular weight excluding hydrogens is 270 g/mol. The molecule has 0 aromatic rings. The highest BCUT2D eigenvalue weighted by atomic mass is 16.4. The van der Waals surface area contributed by atoms with Crippen molar-refractivity contribution in [2.45, 2.75) is 57.5 Å². The maximum absolute atomic E-state index is 12.5. The number of hydrogen-bond acceptors (Lipinski definition) is 3. The monoisotopic (exact) mass is 297 g/mol. The summed E-state index contributed by atoms with van der Waals surface area (Å²) in [6.07, 6.45) is 4.09. The molecule has 0 spiro atoms. The standard InChI is InChI=1S/C15H27N3O3/c1-3-15(4-2,13(19)20)16-14(21)18-10-6-9-17-8-5-7-12(17)11-18/h12H,3-11H2,1-2H3,(H,16,21)(H,19,20). The van der Waals surface area contributed by atoms with Crippen LogP contribution < -0.4 is 5.32 Å². The van der Waals surface area contributed by atoms with Gasteiger partial charge in [-0.1, -0.05) is 13.8 Å². The van der Waals surface area contributed by atoms with Gasteiger partial charge in [0.05, 0.1) is 0 Å². The Hall–Kier alpha value is -1.30. The van der Waals surface area contributed by atoms with Crippen LogP contribution in [0.15, 0.2) is 0 Å². The molecule has 6 heteroatoms. The normalized spacial score (nSPS) is 23.5. The van der Waals surface area contributed by atoms with Crippen LogP contribution in [0.3, 0.4) is 0 Å². The summed E-state index contributed by atoms with van der Waals surface area (Å²) in [5.41, 5.74) is -1.14. The van der Waals surface area contributed by atoms with Crippen LogP contribution in [0.1, 0.15) is 46.0 Å². The molecule has 120 valence electrons. The van der Waals surface area contributed by atoms with Gasteiger partial charge in [0, 0.05) is 25.7 Å². The Bertz CT molecular complexity index is 396. The number of carbonyl (C=O) groups excluding carboxylic acids is 1. The lowest BCUT2D eigenvalue weighted by Crippen LogP contribution is -2.58. The van der Waals surface area contributed by atoms with E-state index in [1.54, 1.807) is 18.7 Å². The first-order valence-electron chi connectivity index (χ1n) is 8.07. The summed E-state index contributed by atoms with van der Waals surface area (Å²) >= 11 is 0. The minimum atomic E-state index is -1.14. The van der Waals surface area contributed by atoms with Crippen molar-refractivity contribution in [2.24, 2.45) is 0 Å². The quantitative estimate of drug-likeness (QED) is 0.825. The van der Waals surface area contributed by atoms with E-state index in [-0.39, 0.29) is 6.03 Å². The number of carboxylic acids is 1. The van der Waals surface area contributed by atoms with E-state index in [1.807, 2.05) is 0 Å². The molecule has 2 fully saturated rings. The second-order valence-corrected chi connectivity index (χ2v) is 6.16. The molecule has 2 heterocycles. The van der Waals surface area contributed by atoms with Crippen LogP contribution in [0.5, 0.6) is 0 Å². The van der Waals surface area contributed by atoms with E-state index in [2.05, 4.69) is 10.2 Å². The zero-order valence-corrected chi connectivity index (χ0v) is 13.1. The van der Waals surface area contributed by atoms with Crippen LogP contribution in [-0.4, -0.2) is 64.7 Å². The highest BCUT2D eigenvalue weighted by Crippen LogP contribution is 2.22. The van der Waals surface area contributed by atoms with Gasteiger partial charge < -0.3 is 15.3 Å². The van der Waals surface area contributed by atoms with Crippen LogP contribution in [0.2, 0.25) is 0 Å². The van der Waals surface area contributed by atoms with E-state index in [9.17, 15) is 14.7 Å². The number of nitrogens with zero attached hydrogens (tertiary/aromatic N) is 2. The number of rotatable bonds is 4. The average molecular weight is 297 g/mol. The molecule has 0 bridgehead atoms. The van der Waals surface area contributed by atoms with Crippen LogP contribution in [0, 0.1) is 0 Å². The Morgan fingerprint density at radius 2 is 1.86 bits per heavy atom. The Kier molecular flexibility index (Phi) is 5.08. The molecule has 2 saturated heterocycles. The van der Waals surface area contributed by atoms with Crippen molar-refractivity contribution >= 4 is 12.0 Å². The summed E-state index contributed by atoms with van der Waals surface area (Å²) in [5, 5.41) is 12.2. The molecule has 6 nitrogen and oxygen atoms in total. The van der Waals surface area contributed by atoms with Gasteiger partial charge >= 0.3 is 12.0 Å². The predicted octanol–water partition coefficient (Wildman–Crippen LogP) is 1.51. The van der Waals surface area contributed by atoms with Gasteiger partial charge in [-0.15, -0.1) is 0 Å². The molecule has 21 heavy (non-hydrogen) atoms. The van der Waals surface area contributed by atoms with E-state index in [0.717, 1.165) is 32.5 Å². The van der Waals surface area contributed by atoms with Gasteiger partial charge in [-0.3, -0.25) is 4.90 Å². The lowest BCUT2D eigenvalue weighted by atomic mass is 9.93. The number of urea groups is 1. The van der Waals surface area contributed by atoms with Gasteiger partial charge in [0.15, 0.2) is 0 Å². The average Bonchev–Trinajstić information content (AvgIpc) is 2.81. The van der Waals surface area contributed by atoms with Gasteiger partial charge in [-0.25, -0.2) is 9.59 Å². The molecule has 1 unspecified atom stereocenters. The minimum Gasteiger partial charge on any atom is -0.480 e. The second kappa shape index (κ2) is 6.64. The largest absolute Gasteiger partial charge is 0.480 e. The number of hydrogen-bond donors (Lipinski definition) is 2. The molecule has 2 aliphatic heterocycles. The molecule has 2 rings (SSSR count). The van der Waals surface area contributed by atoms with Crippen LogP contribution >= 0.6 is 0 Å². The molecule has 2 N–H and O–H groups in total. The van der Waals surface area contributed by atoms with Crippen LogP contribution in [0.4, 0.5) is 4.79 Å². The highest BCUT2D eigenvalue weighted by molar-refractivity contribution is 5.86. The maximum Gasteiger partial charge on any atom is 0.329 e. The Morgan fingerprint density at radius 1 is 1.19 bits per heavy atom. The van der Waals surface area contributed by atoms with E-state index in [1.165, 1.54) is 6.42 Å². The molecule has 0 radical (unpaired) electrons. The van der Waals surface area contributed by atoms with Crippen molar-refractivity contribution in [1.82, 2.24) is 15.1 Å². The van der Waals surface area contributed by atoms with Crippen molar-refractivity contribution in [3.05, 3.63) is 0 Å². The van der Waals surface area contributed by atoms with E-state index in [0.29, 0.717) is 25.4 Å². The third-order valence-electron chi connectivity index (χ3n) is 5.05. The second-order valence-electron chi connectivity index (χ2n) is 6.16. The number of carboxylic acid groups (broad SMARTS) is 1. The fourth-order valence-corrected chi connectivity index (χ4v) is 3.46. The third-order valence-corrected chi connectivity index (χ3v) is 5.05. The molecule has 0 aromatic carbocycles. The Morgan fingerprint density at radius 3 is 2.48 bits per heavy atom. The minimum absolute atomic E-state index is 0.227. The number of fused-ring (bicyclic) bond motifs is 1. The summed E-state index contributed by atoms with van der Waals surface area (Å²) in [7, 11) is 0. The number of carbonyl (C=O) groups is 2. The smallest absolute Gasteiger partial charge is 0.329 e. The third kappa shape index (κ3) is 3.31. The lowest BCUT2D eigenvalue weighted by Gasteiger charge is -2.32. The summed E-state index contributed by atoms with van der Waals surface area (Å²) in [6, 6.07) is 0.218. The summed E-state index contributed by atoms with van der Waals surface area (Å²) in [5.74, 6) is -0.946. The zero-order valence-electron chi connectivity index (χ0n) is 13.1. The van der Waals surface area contributed by atoms with Gasteiger partial charge in [-0.2, -0.15) is 0 Å². The summed E-state index contributed by atoms with van der Waals surface area (Å²) in [6.45, 7) is 7.21. The van der Waals surface area contributed by atoms with E-state index in [4.69, 9.17) is 0 Å². The van der Waals surface area contributed by atoms with Crippen molar-refractivity contribution in [2.75, 3.05) is 26.2 Å². The molecular formula is C15H27N3O3. The molecule has 1 atom stereocenters. The molecule has 0 aromatic heterocycles. The SMILES string of the molecule is CCC(CC)(NC(=O)N1CCCN2CCCC2C1)C(=O)O. The molecule has 0 saturated carbocycles. The maximum atomic E-state index is 12.5. The van der Waals surface area contributed by atoms with Crippen molar-refractivity contribution in [3.8, 4) is 0 Å². The van der Waals surface area contributed by atoms with Crippen LogP contribution in [0.25, 0.3) is 0 Å². The Balaban J connectivity index is 2.03. The zero-order chi connectivity index (χ0) is 15.5. The van der Waals surface area contributed by atoms with Gasteiger partial charge in [-0.05, 0) is 38.6 Å². The van der Waals surface area contributed by atoms with Crippen molar-refractivity contribution in [1.29, 1.82) is 0 Å². The first-order chi connectivity index (χ1) is 10.0. The molecule has 0 aliphatic carbocycles. The first-order valence-corrected chi connectivity index (χ1v) is 8.07. The molecule has 2 amide bonds. The van der Waals surface area contributed by atoms with Crippen LogP contribution in [-0.2, 0) is 4.79 Å². The Labute approximate surface area is 126 Å². The number of amides is 2. The molecule has 2 aliphatic rings. The highest BCUT2D eigenvalue weighted by Gasteiger charge is 2.38. The van der Waals surface area contributed by atoms with Gasteiger partial charge in [0.2, 0.25) is 0 Å². The number of aliphatic carboxylic acids is 1. The topological polar surface area (TPSA) is 72.9 Å². The van der Waals surface area contributed by atoms with Crippen molar-refractivity contribution in [3.63, 3.8) is 0 Å². The van der Waals surface area contributed by atoms with E-state index >= 15 is 0 Å². The van der Waals surface area contributed by atoms with E-state index < -0.39 is 11.5 Å². The summed E-state index contributed by atoms with van der Waals surface area (Å²) < 4.78 is 0. The first kappa shape index (κ1) is 16.1. The number of nitrogens with one attached hydrogen (secondary N) is 1. The van der Waals surface area contributed by atoms with Gasteiger partial charge in [0.25, 0.3) is 0 Å². The van der Waals surface area contributed by atoms with Crippen molar-refractivity contribution < 1.29 is 14.7 Å². The van der Waals surface area contributed by atoms with Gasteiger partial charge in [0.1, 0.15) is 5.54 Å².